The Morgan fingerprint density at radius 3 is 2.43 bits per heavy atom. The summed E-state index contributed by atoms with van der Waals surface area (Å²) in [6.45, 7) is 4.10. The van der Waals surface area contributed by atoms with E-state index in [1.807, 2.05) is 54.6 Å². The van der Waals surface area contributed by atoms with Crippen molar-refractivity contribution >= 4 is 5.91 Å². The van der Waals surface area contributed by atoms with E-state index in [0.717, 1.165) is 16.7 Å². The van der Waals surface area contributed by atoms with Gasteiger partial charge in [0.2, 0.25) is 5.91 Å². The Morgan fingerprint density at radius 2 is 1.74 bits per heavy atom. The topological polar surface area (TPSA) is 49.3 Å². The van der Waals surface area contributed by atoms with E-state index in [-0.39, 0.29) is 23.8 Å². The van der Waals surface area contributed by atoms with Crippen molar-refractivity contribution in [3.8, 4) is 0 Å². The molecule has 3 rings (SSSR count). The number of aliphatic hydroxyl groups excluding tert-OH is 1. The van der Waals surface area contributed by atoms with Crippen LogP contribution in [0.1, 0.15) is 42.5 Å². The van der Waals surface area contributed by atoms with Crippen molar-refractivity contribution in [1.29, 1.82) is 0 Å². The minimum absolute atomic E-state index is 0.0213. The first-order chi connectivity index (χ1) is 11.1. The summed E-state index contributed by atoms with van der Waals surface area (Å²) in [6, 6.07) is 17.5. The Morgan fingerprint density at radius 1 is 1.09 bits per heavy atom. The van der Waals surface area contributed by atoms with Crippen molar-refractivity contribution < 1.29 is 9.90 Å². The van der Waals surface area contributed by atoms with Crippen LogP contribution in [-0.4, -0.2) is 17.1 Å². The molecule has 0 fully saturated rings. The van der Waals surface area contributed by atoms with Gasteiger partial charge in [0.15, 0.2) is 0 Å². The standard InChI is InChI=1S/C20H23NO2/c1-13(2)18(14-8-4-3-5-9-14)20(23)21-19-16-11-7-6-10-15(16)12-17(19)22/h3-11,13,17-19,22H,12H2,1-2H3,(H,21,23)/t17-,18?,19+/m1/s1. The second kappa shape index (κ2) is 6.55. The molecule has 0 spiro atoms. The molecule has 0 heterocycles. The van der Waals surface area contributed by atoms with Gasteiger partial charge >= 0.3 is 0 Å². The number of aliphatic hydroxyl groups is 1. The number of nitrogens with one attached hydrogen (secondary N) is 1. The van der Waals surface area contributed by atoms with Crippen molar-refractivity contribution in [3.63, 3.8) is 0 Å². The average molecular weight is 309 g/mol. The first-order valence-corrected chi connectivity index (χ1v) is 8.19. The van der Waals surface area contributed by atoms with Crippen LogP contribution in [0.25, 0.3) is 0 Å². The van der Waals surface area contributed by atoms with Crippen molar-refractivity contribution in [3.05, 3.63) is 71.3 Å². The molecule has 2 N–H and O–H groups in total. The molecule has 3 atom stereocenters. The summed E-state index contributed by atoms with van der Waals surface area (Å²) < 4.78 is 0. The van der Waals surface area contributed by atoms with Crippen LogP contribution in [0.5, 0.6) is 0 Å². The van der Waals surface area contributed by atoms with Crippen LogP contribution in [0.15, 0.2) is 54.6 Å². The maximum absolute atomic E-state index is 12.9. The lowest BCUT2D eigenvalue weighted by molar-refractivity contribution is -0.125. The number of amides is 1. The Hall–Kier alpha value is -2.13. The van der Waals surface area contributed by atoms with Crippen LogP contribution in [-0.2, 0) is 11.2 Å². The van der Waals surface area contributed by atoms with E-state index < -0.39 is 6.10 Å². The number of fused-ring (bicyclic) bond motifs is 1. The fourth-order valence-corrected chi connectivity index (χ4v) is 3.49. The molecule has 0 saturated heterocycles. The third-order valence-electron chi connectivity index (χ3n) is 4.61. The minimum Gasteiger partial charge on any atom is -0.390 e. The molecule has 23 heavy (non-hydrogen) atoms. The van der Waals surface area contributed by atoms with E-state index in [2.05, 4.69) is 19.2 Å². The molecule has 1 amide bonds. The van der Waals surface area contributed by atoms with Gasteiger partial charge in [-0.05, 0) is 22.6 Å². The number of hydrogen-bond acceptors (Lipinski definition) is 2. The molecular weight excluding hydrogens is 286 g/mol. The molecule has 0 aromatic heterocycles. The van der Waals surface area contributed by atoms with Crippen molar-refractivity contribution in [2.75, 3.05) is 0 Å². The normalized spacial score (nSPS) is 21.0. The van der Waals surface area contributed by atoms with Crippen LogP contribution in [0.3, 0.4) is 0 Å². The van der Waals surface area contributed by atoms with Gasteiger partial charge in [-0.2, -0.15) is 0 Å². The zero-order valence-corrected chi connectivity index (χ0v) is 13.6. The maximum atomic E-state index is 12.9. The molecule has 0 saturated carbocycles. The van der Waals surface area contributed by atoms with Crippen LogP contribution in [0.2, 0.25) is 0 Å². The first kappa shape index (κ1) is 15.8. The van der Waals surface area contributed by atoms with Crippen LogP contribution < -0.4 is 5.32 Å². The smallest absolute Gasteiger partial charge is 0.228 e. The molecule has 3 nitrogen and oxygen atoms in total. The highest BCUT2D eigenvalue weighted by molar-refractivity contribution is 5.84. The molecule has 1 aliphatic carbocycles. The Labute approximate surface area is 137 Å². The minimum atomic E-state index is -0.556. The largest absolute Gasteiger partial charge is 0.390 e. The summed E-state index contributed by atoms with van der Waals surface area (Å²) in [4.78, 5) is 12.9. The van der Waals surface area contributed by atoms with Crippen LogP contribution in [0, 0.1) is 5.92 Å². The van der Waals surface area contributed by atoms with E-state index in [1.165, 1.54) is 0 Å². The van der Waals surface area contributed by atoms with E-state index >= 15 is 0 Å². The van der Waals surface area contributed by atoms with Crippen LogP contribution >= 0.6 is 0 Å². The molecule has 2 aromatic rings. The molecule has 0 aliphatic heterocycles. The molecule has 1 aliphatic rings. The zero-order valence-electron chi connectivity index (χ0n) is 13.6. The summed E-state index contributed by atoms with van der Waals surface area (Å²) in [6.07, 6.45) is 0.0404. The summed E-state index contributed by atoms with van der Waals surface area (Å²) in [7, 11) is 0. The fourth-order valence-electron chi connectivity index (χ4n) is 3.49. The number of carbonyl (C=O) groups excluding carboxylic acids is 1. The van der Waals surface area contributed by atoms with Gasteiger partial charge in [0.1, 0.15) is 0 Å². The predicted octanol–water partition coefficient (Wildman–Crippen LogP) is 3.20. The van der Waals surface area contributed by atoms with Gasteiger partial charge < -0.3 is 10.4 Å². The lowest BCUT2D eigenvalue weighted by Crippen LogP contribution is -2.38. The quantitative estimate of drug-likeness (QED) is 0.911. The van der Waals surface area contributed by atoms with Gasteiger partial charge in [-0.3, -0.25) is 4.79 Å². The summed E-state index contributed by atoms with van der Waals surface area (Å²) in [5.74, 6) is -0.0469. The average Bonchev–Trinajstić information content (AvgIpc) is 2.84. The van der Waals surface area contributed by atoms with E-state index in [4.69, 9.17) is 0 Å². The summed E-state index contributed by atoms with van der Waals surface area (Å²) in [5, 5.41) is 13.4. The second-order valence-corrected chi connectivity index (χ2v) is 6.59. The number of rotatable bonds is 4. The van der Waals surface area contributed by atoms with E-state index in [9.17, 15) is 9.90 Å². The number of benzene rings is 2. The third-order valence-corrected chi connectivity index (χ3v) is 4.61. The molecule has 2 aromatic carbocycles. The molecule has 3 heteroatoms. The Bertz CT molecular complexity index is 681. The summed E-state index contributed by atoms with van der Waals surface area (Å²) in [5.41, 5.74) is 3.16. The van der Waals surface area contributed by atoms with Gasteiger partial charge in [0.25, 0.3) is 0 Å². The molecule has 0 radical (unpaired) electrons. The third kappa shape index (κ3) is 3.15. The van der Waals surface area contributed by atoms with E-state index in [0.29, 0.717) is 6.42 Å². The molecule has 120 valence electrons. The van der Waals surface area contributed by atoms with Crippen LogP contribution in [0.4, 0.5) is 0 Å². The van der Waals surface area contributed by atoms with Crippen molar-refractivity contribution in [2.45, 2.75) is 38.3 Å². The van der Waals surface area contributed by atoms with Gasteiger partial charge in [-0.1, -0.05) is 68.4 Å². The van der Waals surface area contributed by atoms with Gasteiger partial charge in [0, 0.05) is 6.42 Å². The van der Waals surface area contributed by atoms with Gasteiger partial charge in [-0.15, -0.1) is 0 Å². The number of hydrogen-bond donors (Lipinski definition) is 2. The Kier molecular flexibility index (Phi) is 4.49. The highest BCUT2D eigenvalue weighted by atomic mass is 16.3. The van der Waals surface area contributed by atoms with E-state index in [1.54, 1.807) is 0 Å². The Balaban J connectivity index is 1.83. The zero-order chi connectivity index (χ0) is 16.4. The molecule has 1 unspecified atom stereocenters. The van der Waals surface area contributed by atoms with Gasteiger partial charge in [-0.25, -0.2) is 0 Å². The lowest BCUT2D eigenvalue weighted by Gasteiger charge is -2.25. The number of carbonyl (C=O) groups is 1. The fraction of sp³-hybridized carbons (Fsp3) is 0.350. The highest BCUT2D eigenvalue weighted by Crippen LogP contribution is 2.33. The molecular formula is C20H23NO2. The SMILES string of the molecule is CC(C)C(C(=O)N[C@H]1c2ccccc2C[C@H]1O)c1ccccc1. The van der Waals surface area contributed by atoms with Gasteiger partial charge in [0.05, 0.1) is 18.1 Å². The molecule has 0 bridgehead atoms. The van der Waals surface area contributed by atoms with Crippen molar-refractivity contribution in [2.24, 2.45) is 5.92 Å². The predicted molar refractivity (Wildman–Crippen MR) is 91.1 cm³/mol. The highest BCUT2D eigenvalue weighted by Gasteiger charge is 2.34. The summed E-state index contributed by atoms with van der Waals surface area (Å²) >= 11 is 0. The first-order valence-electron chi connectivity index (χ1n) is 8.19. The lowest BCUT2D eigenvalue weighted by atomic mass is 9.87. The second-order valence-electron chi connectivity index (χ2n) is 6.59. The van der Waals surface area contributed by atoms with Crippen molar-refractivity contribution in [1.82, 2.24) is 5.32 Å². The monoisotopic (exact) mass is 309 g/mol. The maximum Gasteiger partial charge on any atom is 0.228 e.